The smallest absolute Gasteiger partial charge is 0.255 e. The molecule has 40 heavy (non-hydrogen) atoms. The number of primary amides is 2. The van der Waals surface area contributed by atoms with Crippen molar-refractivity contribution in [2.75, 3.05) is 13.2 Å². The molecule has 8 nitrogen and oxygen atoms in total. The Bertz CT molecular complexity index is 1120. The second-order valence-electron chi connectivity index (χ2n) is 13.7. The number of rotatable bonds is 9. The van der Waals surface area contributed by atoms with Gasteiger partial charge >= 0.3 is 0 Å². The predicted octanol–water partition coefficient (Wildman–Crippen LogP) is 4.31. The van der Waals surface area contributed by atoms with Crippen molar-refractivity contribution >= 4 is 17.6 Å². The number of fused-ring (bicyclic) bond motifs is 5. The van der Waals surface area contributed by atoms with Crippen molar-refractivity contribution in [2.24, 2.45) is 57.8 Å². The third-order valence-electron chi connectivity index (χ3n) is 11.7. The molecule has 8 heteroatoms. The lowest BCUT2D eigenvalue weighted by Gasteiger charge is -2.60. The summed E-state index contributed by atoms with van der Waals surface area (Å²) in [7, 11) is 0. The van der Waals surface area contributed by atoms with Gasteiger partial charge in [0.15, 0.2) is 13.2 Å². The number of carbonyl (C=O) groups is 3. The van der Waals surface area contributed by atoms with Crippen LogP contribution in [0.1, 0.15) is 90.2 Å². The fourth-order valence-electron chi connectivity index (χ4n) is 9.71. The topological polar surface area (TPSA) is 142 Å². The Hall–Kier alpha value is -2.61. The largest absolute Gasteiger partial charge is 0.484 e. The highest BCUT2D eigenvalue weighted by Crippen LogP contribution is 2.68. The number of hydrogen-bond donors (Lipinski definition) is 3. The molecule has 0 saturated heterocycles. The van der Waals surface area contributed by atoms with Crippen molar-refractivity contribution in [1.29, 1.82) is 0 Å². The molecule has 220 valence electrons. The number of hydrogen-bond acceptors (Lipinski definition) is 6. The summed E-state index contributed by atoms with van der Waals surface area (Å²) in [5.41, 5.74) is 11.6. The van der Waals surface area contributed by atoms with Crippen molar-refractivity contribution in [1.82, 2.24) is 0 Å². The predicted molar refractivity (Wildman–Crippen MR) is 150 cm³/mol. The van der Waals surface area contributed by atoms with Crippen LogP contribution in [0.15, 0.2) is 18.2 Å². The van der Waals surface area contributed by atoms with Gasteiger partial charge in [-0.15, -0.1) is 0 Å². The summed E-state index contributed by atoms with van der Waals surface area (Å²) in [6.45, 7) is 6.47. The van der Waals surface area contributed by atoms with E-state index in [-0.39, 0.29) is 30.0 Å². The first kappa shape index (κ1) is 28.9. The van der Waals surface area contributed by atoms with Crippen LogP contribution >= 0.6 is 0 Å². The summed E-state index contributed by atoms with van der Waals surface area (Å²) in [6, 6.07) is 5.01. The molecule has 5 rings (SSSR count). The first-order valence-electron chi connectivity index (χ1n) is 15.1. The van der Waals surface area contributed by atoms with Gasteiger partial charge < -0.3 is 26.0 Å². The van der Waals surface area contributed by atoms with E-state index in [1.165, 1.54) is 25.7 Å². The van der Waals surface area contributed by atoms with Crippen LogP contribution in [0.3, 0.4) is 0 Å². The zero-order valence-corrected chi connectivity index (χ0v) is 24.2. The zero-order chi connectivity index (χ0) is 28.8. The Morgan fingerprint density at radius 3 is 2.17 bits per heavy atom. The number of ether oxygens (including phenoxy) is 2. The molecule has 0 bridgehead atoms. The van der Waals surface area contributed by atoms with E-state index < -0.39 is 17.9 Å². The van der Waals surface area contributed by atoms with Crippen LogP contribution < -0.4 is 20.9 Å². The van der Waals surface area contributed by atoms with Gasteiger partial charge in [0.05, 0.1) is 6.10 Å². The summed E-state index contributed by atoms with van der Waals surface area (Å²) in [4.78, 5) is 34.8. The molecule has 2 amide bonds. The second kappa shape index (κ2) is 11.0. The van der Waals surface area contributed by atoms with E-state index in [0.29, 0.717) is 52.4 Å². The van der Waals surface area contributed by atoms with Crippen LogP contribution in [-0.4, -0.2) is 35.9 Å². The summed E-state index contributed by atoms with van der Waals surface area (Å²) < 4.78 is 11.1. The normalized spacial score (nSPS) is 36.5. The van der Waals surface area contributed by atoms with Crippen LogP contribution in [-0.2, 0) is 14.4 Å². The Labute approximate surface area is 237 Å². The molecule has 4 unspecified atom stereocenters. The van der Waals surface area contributed by atoms with Crippen LogP contribution in [0.25, 0.3) is 0 Å². The number of aliphatic hydroxyl groups excluding tert-OH is 1. The fourth-order valence-corrected chi connectivity index (χ4v) is 9.71. The lowest BCUT2D eigenvalue weighted by molar-refractivity contribution is -0.141. The van der Waals surface area contributed by atoms with Crippen molar-refractivity contribution in [3.63, 3.8) is 0 Å². The first-order valence-corrected chi connectivity index (χ1v) is 15.1. The van der Waals surface area contributed by atoms with E-state index in [1.54, 1.807) is 18.2 Å². The maximum atomic E-state index is 12.2. The highest BCUT2D eigenvalue weighted by molar-refractivity contribution is 5.79. The number of Topliss-reactive ketones (excluding diaryl/α,β-unsaturated/α-hetero) is 1. The number of aliphatic hydroxyl groups is 1. The van der Waals surface area contributed by atoms with Gasteiger partial charge in [0.2, 0.25) is 0 Å². The molecule has 1 aromatic carbocycles. The average molecular weight is 555 g/mol. The minimum absolute atomic E-state index is 0.0128. The summed E-state index contributed by atoms with van der Waals surface area (Å²) >= 11 is 0. The summed E-state index contributed by atoms with van der Waals surface area (Å²) in [5.74, 6) is 2.85. The van der Waals surface area contributed by atoms with Crippen LogP contribution in [0.5, 0.6) is 11.5 Å². The van der Waals surface area contributed by atoms with E-state index >= 15 is 0 Å². The van der Waals surface area contributed by atoms with E-state index in [9.17, 15) is 19.5 Å². The van der Waals surface area contributed by atoms with Crippen LogP contribution in [0.4, 0.5) is 0 Å². The molecule has 9 atom stereocenters. The molecule has 0 radical (unpaired) electrons. The molecule has 1 aromatic rings. The summed E-state index contributed by atoms with van der Waals surface area (Å²) in [5, 5.41) is 11.7. The first-order chi connectivity index (χ1) is 18.9. The molecule has 0 spiro atoms. The van der Waals surface area contributed by atoms with Gasteiger partial charge in [0, 0.05) is 18.9 Å². The highest BCUT2D eigenvalue weighted by Gasteiger charge is 2.61. The Morgan fingerprint density at radius 1 is 0.925 bits per heavy atom. The van der Waals surface area contributed by atoms with Crippen molar-refractivity contribution in [3.05, 3.63) is 23.8 Å². The molecule has 0 aliphatic heterocycles. The van der Waals surface area contributed by atoms with Crippen molar-refractivity contribution < 1.29 is 29.0 Å². The third kappa shape index (κ3) is 5.24. The van der Waals surface area contributed by atoms with E-state index in [0.717, 1.165) is 32.1 Å². The Balaban J connectivity index is 1.35. The summed E-state index contributed by atoms with van der Waals surface area (Å²) in [6.07, 6.45) is 8.84. The Morgan fingerprint density at radius 2 is 1.55 bits per heavy atom. The van der Waals surface area contributed by atoms with Crippen LogP contribution in [0.2, 0.25) is 0 Å². The molecule has 0 heterocycles. The SMILES string of the molecule is CC(C(O)c1cc(OCC(N)=O)cc(OCC(N)=O)c1)C1CC[C@H]2[C@@H]3CCC4CC(=O)CC[C@]4(C)[C@@H]3CC[C@]12C. The zero-order valence-electron chi connectivity index (χ0n) is 24.2. The molecule has 4 aliphatic rings. The maximum Gasteiger partial charge on any atom is 0.255 e. The van der Waals surface area contributed by atoms with Gasteiger partial charge in [0.1, 0.15) is 17.3 Å². The molecular weight excluding hydrogens is 508 g/mol. The number of nitrogens with two attached hydrogens (primary N) is 2. The van der Waals surface area contributed by atoms with E-state index in [4.69, 9.17) is 20.9 Å². The maximum absolute atomic E-state index is 12.2. The van der Waals surface area contributed by atoms with Gasteiger partial charge in [-0.25, -0.2) is 0 Å². The monoisotopic (exact) mass is 554 g/mol. The quantitative estimate of drug-likeness (QED) is 0.415. The average Bonchev–Trinajstić information content (AvgIpc) is 3.27. The standard InChI is InChI=1S/C32H46N2O6/c1-18(30(38)19-12-22(39-16-28(33)36)15-23(13-19)40-17-29(34)37)25-6-7-26-24-5-4-20-14-21(35)8-10-31(20,2)27(24)9-11-32(25,26)3/h12-13,15,18,20,24-27,30,38H,4-11,14,16-17H2,1-3H3,(H2,33,36)(H2,34,37)/t18?,20?,24-,25?,26-,27+,30?,31-,32+/m0/s1. The molecule has 4 aliphatic carbocycles. The lowest BCUT2D eigenvalue weighted by atomic mass is 9.44. The van der Waals surface area contributed by atoms with E-state index in [1.807, 2.05) is 0 Å². The number of carbonyl (C=O) groups excluding carboxylic acids is 3. The van der Waals surface area contributed by atoms with E-state index in [2.05, 4.69) is 20.8 Å². The Kier molecular flexibility index (Phi) is 7.94. The molecule has 5 N–H and O–H groups in total. The number of ketones is 1. The highest BCUT2D eigenvalue weighted by atomic mass is 16.5. The number of amides is 2. The molecule has 4 fully saturated rings. The van der Waals surface area contributed by atoms with Gasteiger partial charge in [-0.05, 0) is 109 Å². The van der Waals surface area contributed by atoms with Gasteiger partial charge in [-0.1, -0.05) is 20.8 Å². The van der Waals surface area contributed by atoms with Gasteiger partial charge in [0.25, 0.3) is 11.8 Å². The van der Waals surface area contributed by atoms with Gasteiger partial charge in [-0.3, -0.25) is 14.4 Å². The minimum Gasteiger partial charge on any atom is -0.484 e. The molecule has 4 saturated carbocycles. The minimum atomic E-state index is -0.774. The third-order valence-corrected chi connectivity index (χ3v) is 11.7. The van der Waals surface area contributed by atoms with Crippen molar-refractivity contribution in [3.8, 4) is 11.5 Å². The second-order valence-corrected chi connectivity index (χ2v) is 13.7. The lowest BCUT2D eigenvalue weighted by Crippen LogP contribution is -2.54. The van der Waals surface area contributed by atoms with Crippen LogP contribution in [0, 0.1) is 46.3 Å². The van der Waals surface area contributed by atoms with Gasteiger partial charge in [-0.2, -0.15) is 0 Å². The molecular formula is C32H46N2O6. The number of benzene rings is 1. The fraction of sp³-hybridized carbons (Fsp3) is 0.719. The molecule has 0 aromatic heterocycles. The van der Waals surface area contributed by atoms with Crippen molar-refractivity contribution in [2.45, 2.75) is 84.7 Å².